The first-order valence-electron chi connectivity index (χ1n) is 3.74. The van der Waals surface area contributed by atoms with E-state index in [-0.39, 0.29) is 0 Å². The van der Waals surface area contributed by atoms with Crippen molar-refractivity contribution in [3.63, 3.8) is 0 Å². The average Bonchev–Trinajstić information content (AvgIpc) is 2.19. The van der Waals surface area contributed by atoms with Gasteiger partial charge in [0, 0.05) is 18.0 Å². The zero-order chi connectivity index (χ0) is 9.10. The molecule has 0 saturated carbocycles. The molecule has 0 aromatic carbocycles. The zero-order valence-electron chi connectivity index (χ0n) is 6.68. The van der Waals surface area contributed by atoms with Crippen LogP contribution in [0, 0.1) is 3.70 Å². The fourth-order valence-electron chi connectivity index (χ4n) is 1.01. The van der Waals surface area contributed by atoms with Crippen LogP contribution in [0.25, 0.3) is 11.3 Å². The summed E-state index contributed by atoms with van der Waals surface area (Å²) in [6.45, 7) is 0. The lowest BCUT2D eigenvalue weighted by molar-refractivity contribution is 1.14. The van der Waals surface area contributed by atoms with Gasteiger partial charge in [-0.25, -0.2) is 9.97 Å². The number of hydrogen-bond donors (Lipinski definition) is 0. The van der Waals surface area contributed by atoms with Crippen molar-refractivity contribution in [2.24, 2.45) is 0 Å². The zero-order valence-corrected chi connectivity index (χ0v) is 8.84. The second-order valence-electron chi connectivity index (χ2n) is 2.46. The molecule has 0 bridgehead atoms. The van der Waals surface area contributed by atoms with Crippen LogP contribution in [-0.2, 0) is 0 Å². The lowest BCUT2D eigenvalue weighted by Crippen LogP contribution is -1.87. The van der Waals surface area contributed by atoms with Gasteiger partial charge in [-0.1, -0.05) is 0 Å². The molecule has 3 nitrogen and oxygen atoms in total. The number of pyridine rings is 1. The second-order valence-corrected chi connectivity index (χ2v) is 3.57. The molecule has 0 radical (unpaired) electrons. The van der Waals surface area contributed by atoms with Gasteiger partial charge in [-0.3, -0.25) is 4.98 Å². The van der Waals surface area contributed by atoms with Crippen LogP contribution in [0.15, 0.2) is 36.9 Å². The van der Waals surface area contributed by atoms with Crippen molar-refractivity contribution >= 4 is 22.6 Å². The van der Waals surface area contributed by atoms with E-state index in [2.05, 4.69) is 37.5 Å². The Balaban J connectivity index is 2.48. The van der Waals surface area contributed by atoms with Gasteiger partial charge < -0.3 is 0 Å². The van der Waals surface area contributed by atoms with Gasteiger partial charge >= 0.3 is 0 Å². The Morgan fingerprint density at radius 1 is 1.08 bits per heavy atom. The van der Waals surface area contributed by atoms with Crippen molar-refractivity contribution in [2.75, 3.05) is 0 Å². The molecule has 64 valence electrons. The molecular formula is C9H6IN3. The normalized spacial score (nSPS) is 9.92. The SMILES string of the molecule is Ic1cc(-c2ccncc2)ncn1. The molecule has 0 saturated heterocycles. The van der Waals surface area contributed by atoms with E-state index in [1.54, 1.807) is 18.7 Å². The van der Waals surface area contributed by atoms with E-state index in [1.807, 2.05) is 18.2 Å². The summed E-state index contributed by atoms with van der Waals surface area (Å²) in [4.78, 5) is 12.1. The molecule has 0 unspecified atom stereocenters. The third kappa shape index (κ3) is 2.00. The van der Waals surface area contributed by atoms with E-state index < -0.39 is 0 Å². The van der Waals surface area contributed by atoms with Crippen LogP contribution in [0.4, 0.5) is 0 Å². The summed E-state index contributed by atoms with van der Waals surface area (Å²) in [5, 5.41) is 0. The molecule has 0 fully saturated rings. The molecule has 0 amide bonds. The third-order valence-corrected chi connectivity index (χ3v) is 2.20. The highest BCUT2D eigenvalue weighted by Gasteiger charge is 1.98. The molecule has 2 heterocycles. The van der Waals surface area contributed by atoms with Crippen molar-refractivity contribution in [3.8, 4) is 11.3 Å². The summed E-state index contributed by atoms with van der Waals surface area (Å²) in [6, 6.07) is 5.80. The van der Waals surface area contributed by atoms with Crippen LogP contribution in [0.3, 0.4) is 0 Å². The lowest BCUT2D eigenvalue weighted by atomic mass is 10.2. The monoisotopic (exact) mass is 283 g/mol. The third-order valence-electron chi connectivity index (χ3n) is 1.61. The van der Waals surface area contributed by atoms with Gasteiger partial charge in [0.05, 0.1) is 5.69 Å². The van der Waals surface area contributed by atoms with Crippen molar-refractivity contribution in [1.29, 1.82) is 0 Å². The predicted molar refractivity (Wildman–Crippen MR) is 58.0 cm³/mol. The Kier molecular flexibility index (Phi) is 2.49. The molecule has 0 N–H and O–H groups in total. The topological polar surface area (TPSA) is 38.7 Å². The first-order valence-corrected chi connectivity index (χ1v) is 4.82. The summed E-state index contributed by atoms with van der Waals surface area (Å²) in [5.41, 5.74) is 2.00. The maximum Gasteiger partial charge on any atom is 0.117 e. The van der Waals surface area contributed by atoms with E-state index in [4.69, 9.17) is 0 Å². The summed E-state index contributed by atoms with van der Waals surface area (Å²) < 4.78 is 0.944. The summed E-state index contributed by atoms with van der Waals surface area (Å²) in [5.74, 6) is 0. The molecular weight excluding hydrogens is 277 g/mol. The van der Waals surface area contributed by atoms with E-state index >= 15 is 0 Å². The summed E-state index contributed by atoms with van der Waals surface area (Å²) in [7, 11) is 0. The van der Waals surface area contributed by atoms with Crippen LogP contribution in [-0.4, -0.2) is 15.0 Å². The van der Waals surface area contributed by atoms with E-state index in [0.29, 0.717) is 0 Å². The van der Waals surface area contributed by atoms with Gasteiger partial charge in [-0.15, -0.1) is 0 Å². The molecule has 2 aromatic rings. The fraction of sp³-hybridized carbons (Fsp3) is 0. The van der Waals surface area contributed by atoms with Gasteiger partial charge in [0.25, 0.3) is 0 Å². The first-order chi connectivity index (χ1) is 6.36. The molecule has 2 rings (SSSR count). The minimum absolute atomic E-state index is 0.932. The number of hydrogen-bond acceptors (Lipinski definition) is 3. The highest BCUT2D eigenvalue weighted by molar-refractivity contribution is 14.1. The van der Waals surface area contributed by atoms with Gasteiger partial charge in [0.15, 0.2) is 0 Å². The van der Waals surface area contributed by atoms with Gasteiger partial charge in [-0.2, -0.15) is 0 Å². The van der Waals surface area contributed by atoms with Crippen LogP contribution >= 0.6 is 22.6 Å². The molecule has 0 aliphatic carbocycles. The molecule has 2 aromatic heterocycles. The molecule has 0 aliphatic heterocycles. The molecule has 0 aliphatic rings. The molecule has 0 atom stereocenters. The quantitative estimate of drug-likeness (QED) is 0.594. The smallest absolute Gasteiger partial charge is 0.117 e. The van der Waals surface area contributed by atoms with Crippen molar-refractivity contribution in [2.45, 2.75) is 0 Å². The van der Waals surface area contributed by atoms with Crippen LogP contribution < -0.4 is 0 Å². The molecule has 13 heavy (non-hydrogen) atoms. The first kappa shape index (κ1) is 8.55. The summed E-state index contributed by atoms with van der Waals surface area (Å²) >= 11 is 2.17. The Morgan fingerprint density at radius 3 is 2.54 bits per heavy atom. The Bertz CT molecular complexity index is 403. The molecule has 4 heteroatoms. The lowest BCUT2D eigenvalue weighted by Gasteiger charge is -1.98. The standard InChI is InChI=1S/C9H6IN3/c10-9-5-8(12-6-13-9)7-1-3-11-4-2-7/h1-6H. The van der Waals surface area contributed by atoms with E-state index in [9.17, 15) is 0 Å². The van der Waals surface area contributed by atoms with Crippen molar-refractivity contribution in [3.05, 3.63) is 40.6 Å². The minimum Gasteiger partial charge on any atom is -0.265 e. The van der Waals surface area contributed by atoms with E-state index in [1.165, 1.54) is 0 Å². The highest BCUT2D eigenvalue weighted by atomic mass is 127. The van der Waals surface area contributed by atoms with Crippen LogP contribution in [0.2, 0.25) is 0 Å². The second kappa shape index (κ2) is 3.78. The Labute approximate surface area is 89.4 Å². The number of rotatable bonds is 1. The van der Waals surface area contributed by atoms with Gasteiger partial charge in [0.2, 0.25) is 0 Å². The van der Waals surface area contributed by atoms with Crippen LogP contribution in [0.5, 0.6) is 0 Å². The highest BCUT2D eigenvalue weighted by Crippen LogP contribution is 2.15. The van der Waals surface area contributed by atoms with E-state index in [0.717, 1.165) is 15.0 Å². The maximum atomic E-state index is 4.17. The predicted octanol–water partition coefficient (Wildman–Crippen LogP) is 2.14. The summed E-state index contributed by atoms with van der Waals surface area (Å²) in [6.07, 6.45) is 5.08. The average molecular weight is 283 g/mol. The fourth-order valence-corrected chi connectivity index (χ4v) is 1.43. The van der Waals surface area contributed by atoms with Gasteiger partial charge in [-0.05, 0) is 40.8 Å². The maximum absolute atomic E-state index is 4.17. The largest absolute Gasteiger partial charge is 0.265 e. The Hall–Kier alpha value is -1.04. The number of halogens is 1. The van der Waals surface area contributed by atoms with Crippen molar-refractivity contribution < 1.29 is 0 Å². The Morgan fingerprint density at radius 2 is 1.85 bits per heavy atom. The molecule has 0 spiro atoms. The van der Waals surface area contributed by atoms with Crippen LogP contribution in [0.1, 0.15) is 0 Å². The number of nitrogens with zero attached hydrogens (tertiary/aromatic N) is 3. The number of aromatic nitrogens is 3. The van der Waals surface area contributed by atoms with Gasteiger partial charge in [0.1, 0.15) is 10.0 Å². The minimum atomic E-state index is 0.932. The van der Waals surface area contributed by atoms with Crippen molar-refractivity contribution in [1.82, 2.24) is 15.0 Å².